The highest BCUT2D eigenvalue weighted by Crippen LogP contribution is 2.32. The first-order chi connectivity index (χ1) is 13.7. The first kappa shape index (κ1) is 17.8. The van der Waals surface area contributed by atoms with Crippen LogP contribution < -0.4 is 20.1 Å². The van der Waals surface area contributed by atoms with Crippen LogP contribution in [0.5, 0.6) is 11.5 Å². The summed E-state index contributed by atoms with van der Waals surface area (Å²) in [6.45, 7) is 3.28. The van der Waals surface area contributed by atoms with Gasteiger partial charge in [-0.1, -0.05) is 35.9 Å². The number of aromatic nitrogens is 2. The number of carbonyl (C=O) groups excluding carboxylic acids is 1. The van der Waals surface area contributed by atoms with Gasteiger partial charge in [0.25, 0.3) is 5.91 Å². The van der Waals surface area contributed by atoms with E-state index in [1.54, 1.807) is 0 Å². The molecule has 0 atom stereocenters. The molecule has 4 rings (SSSR count). The van der Waals surface area contributed by atoms with Crippen molar-refractivity contribution in [1.82, 2.24) is 15.3 Å². The van der Waals surface area contributed by atoms with Gasteiger partial charge >= 0.3 is 0 Å². The molecule has 0 bridgehead atoms. The SMILES string of the molecule is Cc1cccc(CNC(=O)c2cnc(NCc3ccc4c(c3)OCO4)nc2)c1. The summed E-state index contributed by atoms with van der Waals surface area (Å²) in [5, 5.41) is 6.01. The lowest BCUT2D eigenvalue weighted by atomic mass is 10.1. The maximum atomic E-state index is 12.3. The fourth-order valence-electron chi connectivity index (χ4n) is 2.88. The molecule has 0 unspecified atom stereocenters. The molecular formula is C21H20N4O3. The van der Waals surface area contributed by atoms with Crippen molar-refractivity contribution < 1.29 is 14.3 Å². The zero-order valence-electron chi connectivity index (χ0n) is 15.4. The number of hydrogen-bond donors (Lipinski definition) is 2. The van der Waals surface area contributed by atoms with Gasteiger partial charge in [-0.05, 0) is 30.2 Å². The van der Waals surface area contributed by atoms with E-state index < -0.39 is 0 Å². The average molecular weight is 376 g/mol. The van der Waals surface area contributed by atoms with Crippen LogP contribution in [0.1, 0.15) is 27.0 Å². The number of hydrogen-bond acceptors (Lipinski definition) is 6. The third-order valence-electron chi connectivity index (χ3n) is 4.34. The van der Waals surface area contributed by atoms with Crippen LogP contribution in [0.3, 0.4) is 0 Å². The number of fused-ring (bicyclic) bond motifs is 1. The summed E-state index contributed by atoms with van der Waals surface area (Å²) < 4.78 is 10.7. The molecule has 0 fully saturated rings. The number of nitrogens with zero attached hydrogens (tertiary/aromatic N) is 2. The van der Waals surface area contributed by atoms with Crippen LogP contribution >= 0.6 is 0 Å². The Balaban J connectivity index is 1.31. The number of ether oxygens (including phenoxy) is 2. The summed E-state index contributed by atoms with van der Waals surface area (Å²) in [4.78, 5) is 20.7. The molecule has 1 aliphatic rings. The van der Waals surface area contributed by atoms with Gasteiger partial charge in [-0.3, -0.25) is 4.79 Å². The van der Waals surface area contributed by atoms with Crippen molar-refractivity contribution in [2.75, 3.05) is 12.1 Å². The molecule has 1 aromatic heterocycles. The van der Waals surface area contributed by atoms with Crippen LogP contribution in [0.4, 0.5) is 5.95 Å². The second-order valence-corrected chi connectivity index (χ2v) is 6.51. The number of aryl methyl sites for hydroxylation is 1. The lowest BCUT2D eigenvalue weighted by Gasteiger charge is -2.08. The summed E-state index contributed by atoms with van der Waals surface area (Å²) in [7, 11) is 0. The largest absolute Gasteiger partial charge is 0.454 e. The van der Waals surface area contributed by atoms with Crippen LogP contribution in [0.2, 0.25) is 0 Å². The molecule has 0 spiro atoms. The van der Waals surface area contributed by atoms with Crippen molar-refractivity contribution in [3.63, 3.8) is 0 Å². The van der Waals surface area contributed by atoms with E-state index >= 15 is 0 Å². The smallest absolute Gasteiger partial charge is 0.254 e. The fraction of sp³-hybridized carbons (Fsp3) is 0.190. The fourth-order valence-corrected chi connectivity index (χ4v) is 2.88. The highest BCUT2D eigenvalue weighted by molar-refractivity contribution is 5.93. The van der Waals surface area contributed by atoms with E-state index in [0.717, 1.165) is 28.2 Å². The van der Waals surface area contributed by atoms with Gasteiger partial charge in [-0.15, -0.1) is 0 Å². The third-order valence-corrected chi connectivity index (χ3v) is 4.34. The van der Waals surface area contributed by atoms with Gasteiger partial charge in [0.15, 0.2) is 11.5 Å². The quantitative estimate of drug-likeness (QED) is 0.688. The molecule has 7 heteroatoms. The Morgan fingerprint density at radius 2 is 1.79 bits per heavy atom. The van der Waals surface area contributed by atoms with Gasteiger partial charge in [-0.25, -0.2) is 9.97 Å². The molecule has 1 amide bonds. The first-order valence-corrected chi connectivity index (χ1v) is 8.95. The standard InChI is InChI=1S/C21H20N4O3/c1-14-3-2-4-15(7-14)9-22-20(26)17-11-24-21(25-12-17)23-10-16-5-6-18-19(8-16)28-13-27-18/h2-8,11-12H,9-10,13H2,1H3,(H,22,26)(H,23,24,25). The van der Waals surface area contributed by atoms with Crippen molar-refractivity contribution in [3.8, 4) is 11.5 Å². The molecule has 2 heterocycles. The minimum Gasteiger partial charge on any atom is -0.454 e. The van der Waals surface area contributed by atoms with Crippen molar-refractivity contribution in [2.24, 2.45) is 0 Å². The van der Waals surface area contributed by atoms with Crippen LogP contribution in [0.25, 0.3) is 0 Å². The van der Waals surface area contributed by atoms with Crippen LogP contribution in [-0.4, -0.2) is 22.7 Å². The Morgan fingerprint density at radius 3 is 2.61 bits per heavy atom. The van der Waals surface area contributed by atoms with Crippen molar-refractivity contribution in [3.05, 3.63) is 77.1 Å². The molecule has 0 aliphatic carbocycles. The Bertz CT molecular complexity index is 989. The zero-order chi connectivity index (χ0) is 19.3. The Morgan fingerprint density at radius 1 is 1.00 bits per heavy atom. The van der Waals surface area contributed by atoms with Crippen molar-refractivity contribution >= 4 is 11.9 Å². The average Bonchev–Trinajstić information content (AvgIpc) is 3.19. The second-order valence-electron chi connectivity index (χ2n) is 6.51. The van der Waals surface area contributed by atoms with Gasteiger partial charge in [0, 0.05) is 25.5 Å². The number of rotatable bonds is 6. The van der Waals surface area contributed by atoms with Gasteiger partial charge in [-0.2, -0.15) is 0 Å². The van der Waals surface area contributed by atoms with E-state index in [4.69, 9.17) is 9.47 Å². The third kappa shape index (κ3) is 4.20. The molecule has 3 aromatic rings. The van der Waals surface area contributed by atoms with Gasteiger partial charge in [0.2, 0.25) is 12.7 Å². The van der Waals surface area contributed by atoms with Crippen LogP contribution in [0.15, 0.2) is 54.9 Å². The van der Waals surface area contributed by atoms with E-state index in [-0.39, 0.29) is 12.7 Å². The summed E-state index contributed by atoms with van der Waals surface area (Å²) in [6, 6.07) is 13.8. The van der Waals surface area contributed by atoms with Gasteiger partial charge in [0.1, 0.15) is 0 Å². The van der Waals surface area contributed by atoms with Crippen LogP contribution in [-0.2, 0) is 13.1 Å². The molecule has 142 valence electrons. The molecule has 0 radical (unpaired) electrons. The van der Waals surface area contributed by atoms with E-state index in [0.29, 0.717) is 24.6 Å². The predicted octanol–water partition coefficient (Wildman–Crippen LogP) is 3.06. The summed E-state index contributed by atoms with van der Waals surface area (Å²) >= 11 is 0. The number of benzene rings is 2. The van der Waals surface area contributed by atoms with Gasteiger partial charge < -0.3 is 20.1 Å². The first-order valence-electron chi connectivity index (χ1n) is 8.95. The van der Waals surface area contributed by atoms with E-state index in [9.17, 15) is 4.79 Å². The summed E-state index contributed by atoms with van der Waals surface area (Å²) in [6.07, 6.45) is 3.03. The topological polar surface area (TPSA) is 85.4 Å². The lowest BCUT2D eigenvalue weighted by Crippen LogP contribution is -2.23. The van der Waals surface area contributed by atoms with Gasteiger partial charge in [0.05, 0.1) is 5.56 Å². The lowest BCUT2D eigenvalue weighted by molar-refractivity contribution is 0.0950. The maximum Gasteiger partial charge on any atom is 0.254 e. The highest BCUT2D eigenvalue weighted by Gasteiger charge is 2.13. The summed E-state index contributed by atoms with van der Waals surface area (Å²) in [5.41, 5.74) is 3.65. The minimum absolute atomic E-state index is 0.205. The number of amides is 1. The van der Waals surface area contributed by atoms with E-state index in [1.807, 2.05) is 49.4 Å². The molecular weight excluding hydrogens is 356 g/mol. The number of nitrogens with one attached hydrogen (secondary N) is 2. The molecule has 2 aromatic carbocycles. The molecule has 1 aliphatic heterocycles. The monoisotopic (exact) mass is 376 g/mol. The number of anilines is 1. The van der Waals surface area contributed by atoms with Crippen molar-refractivity contribution in [1.29, 1.82) is 0 Å². The van der Waals surface area contributed by atoms with E-state index in [1.165, 1.54) is 12.4 Å². The Kier molecular flexibility index (Phi) is 5.05. The molecule has 28 heavy (non-hydrogen) atoms. The Labute approximate surface area is 162 Å². The van der Waals surface area contributed by atoms with Crippen LogP contribution in [0, 0.1) is 6.92 Å². The summed E-state index contributed by atoms with van der Waals surface area (Å²) in [5.74, 6) is 1.73. The Hall–Kier alpha value is -3.61. The minimum atomic E-state index is -0.205. The van der Waals surface area contributed by atoms with Crippen molar-refractivity contribution in [2.45, 2.75) is 20.0 Å². The molecule has 2 N–H and O–H groups in total. The molecule has 0 saturated carbocycles. The number of carbonyl (C=O) groups is 1. The molecule has 7 nitrogen and oxygen atoms in total. The maximum absolute atomic E-state index is 12.3. The van der Waals surface area contributed by atoms with E-state index in [2.05, 4.69) is 20.6 Å². The normalized spacial score (nSPS) is 11.9. The predicted molar refractivity (Wildman–Crippen MR) is 104 cm³/mol. The molecule has 0 saturated heterocycles. The highest BCUT2D eigenvalue weighted by atomic mass is 16.7. The zero-order valence-corrected chi connectivity index (χ0v) is 15.4. The second kappa shape index (κ2) is 7.96.